The lowest BCUT2D eigenvalue weighted by Crippen LogP contribution is -2.23. The fraction of sp³-hybridized carbons (Fsp3) is 0.889. The maximum absolute atomic E-state index is 13.3. The predicted octanol–water partition coefficient (Wildman–Crippen LogP) is 1.69. The van der Waals surface area contributed by atoms with E-state index < -0.39 is 11.6 Å². The van der Waals surface area contributed by atoms with Crippen LogP contribution < -0.4 is 0 Å². The number of hydrogen-bond acceptors (Lipinski definition) is 2. The molecule has 2 saturated carbocycles. The molecule has 0 heterocycles. The SMILES string of the molecule is COC(=O)[C@]12CCCC[C@H]1[C@@H]2F. The Morgan fingerprint density at radius 2 is 2.33 bits per heavy atom. The fourth-order valence-corrected chi connectivity index (χ4v) is 2.53. The van der Waals surface area contributed by atoms with Gasteiger partial charge in [0.15, 0.2) is 0 Å². The number of halogens is 1. The van der Waals surface area contributed by atoms with Crippen molar-refractivity contribution in [3.05, 3.63) is 0 Å². The second-order valence-electron chi connectivity index (χ2n) is 3.79. The monoisotopic (exact) mass is 172 g/mol. The maximum atomic E-state index is 13.3. The Balaban J connectivity index is 2.15. The lowest BCUT2D eigenvalue weighted by atomic mass is 9.88. The van der Waals surface area contributed by atoms with Crippen LogP contribution in [0.25, 0.3) is 0 Å². The topological polar surface area (TPSA) is 26.3 Å². The van der Waals surface area contributed by atoms with Crippen LogP contribution in [0.15, 0.2) is 0 Å². The lowest BCUT2D eigenvalue weighted by molar-refractivity contribution is -0.149. The molecule has 0 radical (unpaired) electrons. The van der Waals surface area contributed by atoms with Gasteiger partial charge < -0.3 is 4.74 Å². The predicted molar refractivity (Wildman–Crippen MR) is 41.3 cm³/mol. The van der Waals surface area contributed by atoms with E-state index in [1.807, 2.05) is 0 Å². The van der Waals surface area contributed by atoms with E-state index in [2.05, 4.69) is 4.74 Å². The van der Waals surface area contributed by atoms with Crippen molar-refractivity contribution < 1.29 is 13.9 Å². The smallest absolute Gasteiger partial charge is 0.315 e. The number of methoxy groups -OCH3 is 1. The summed E-state index contributed by atoms with van der Waals surface area (Å²) in [4.78, 5) is 11.3. The highest BCUT2D eigenvalue weighted by Crippen LogP contribution is 2.63. The summed E-state index contributed by atoms with van der Waals surface area (Å²) < 4.78 is 17.9. The Morgan fingerprint density at radius 3 is 2.92 bits per heavy atom. The van der Waals surface area contributed by atoms with Crippen LogP contribution >= 0.6 is 0 Å². The van der Waals surface area contributed by atoms with Crippen molar-refractivity contribution in [3.8, 4) is 0 Å². The standard InChI is InChI=1S/C9H13FO2/c1-12-8(11)9-5-3-2-4-6(9)7(9)10/h6-7H,2-5H2,1H3/t6-,7-,9+/m0/s1. The van der Waals surface area contributed by atoms with Gasteiger partial charge in [-0.1, -0.05) is 12.8 Å². The number of carbonyl (C=O) groups excluding carboxylic acids is 1. The van der Waals surface area contributed by atoms with E-state index in [0.29, 0.717) is 6.42 Å². The van der Waals surface area contributed by atoms with Gasteiger partial charge in [0.25, 0.3) is 0 Å². The van der Waals surface area contributed by atoms with Crippen LogP contribution in [-0.4, -0.2) is 19.3 Å². The Hall–Kier alpha value is -0.600. The number of esters is 1. The van der Waals surface area contributed by atoms with Gasteiger partial charge in [0.1, 0.15) is 11.6 Å². The molecule has 0 aromatic carbocycles. The van der Waals surface area contributed by atoms with Crippen LogP contribution in [0.5, 0.6) is 0 Å². The maximum Gasteiger partial charge on any atom is 0.315 e. The molecule has 0 aromatic rings. The average Bonchev–Trinajstić information content (AvgIpc) is 2.73. The Labute approximate surface area is 71.1 Å². The molecule has 2 nitrogen and oxygen atoms in total. The average molecular weight is 172 g/mol. The first-order chi connectivity index (χ1) is 5.73. The van der Waals surface area contributed by atoms with Gasteiger partial charge in [-0.15, -0.1) is 0 Å². The van der Waals surface area contributed by atoms with E-state index in [-0.39, 0.29) is 11.9 Å². The molecule has 0 N–H and O–H groups in total. The third-order valence-electron chi connectivity index (χ3n) is 3.32. The van der Waals surface area contributed by atoms with Crippen LogP contribution in [-0.2, 0) is 9.53 Å². The molecule has 3 atom stereocenters. The first kappa shape index (κ1) is 8.02. The molecule has 0 spiro atoms. The highest BCUT2D eigenvalue weighted by atomic mass is 19.1. The van der Waals surface area contributed by atoms with Crippen molar-refractivity contribution in [1.29, 1.82) is 0 Å². The van der Waals surface area contributed by atoms with Gasteiger partial charge in [-0.2, -0.15) is 0 Å². The number of hydrogen-bond donors (Lipinski definition) is 0. The van der Waals surface area contributed by atoms with Gasteiger partial charge >= 0.3 is 5.97 Å². The molecule has 0 unspecified atom stereocenters. The van der Waals surface area contributed by atoms with Gasteiger partial charge in [0, 0.05) is 5.92 Å². The van der Waals surface area contributed by atoms with Gasteiger partial charge in [-0.05, 0) is 12.8 Å². The van der Waals surface area contributed by atoms with E-state index in [0.717, 1.165) is 19.3 Å². The van der Waals surface area contributed by atoms with Crippen LogP contribution in [0.4, 0.5) is 4.39 Å². The Morgan fingerprint density at radius 1 is 1.58 bits per heavy atom. The minimum Gasteiger partial charge on any atom is -0.468 e. The molecule has 0 bridgehead atoms. The molecule has 3 heteroatoms. The van der Waals surface area contributed by atoms with E-state index in [9.17, 15) is 9.18 Å². The van der Waals surface area contributed by atoms with Crippen molar-refractivity contribution in [1.82, 2.24) is 0 Å². The zero-order valence-corrected chi connectivity index (χ0v) is 7.18. The summed E-state index contributed by atoms with van der Waals surface area (Å²) in [5.41, 5.74) is -0.715. The molecule has 12 heavy (non-hydrogen) atoms. The largest absolute Gasteiger partial charge is 0.468 e. The summed E-state index contributed by atoms with van der Waals surface area (Å²) in [7, 11) is 1.34. The van der Waals surface area contributed by atoms with Gasteiger partial charge in [0.2, 0.25) is 0 Å². The van der Waals surface area contributed by atoms with Crippen molar-refractivity contribution >= 4 is 5.97 Å². The van der Waals surface area contributed by atoms with Crippen molar-refractivity contribution in [3.63, 3.8) is 0 Å². The van der Waals surface area contributed by atoms with Crippen LogP contribution in [0.2, 0.25) is 0 Å². The summed E-state index contributed by atoms with van der Waals surface area (Å²) in [5.74, 6) is -0.363. The number of fused-ring (bicyclic) bond motifs is 1. The zero-order chi connectivity index (χ0) is 8.77. The first-order valence-corrected chi connectivity index (χ1v) is 4.46. The van der Waals surface area contributed by atoms with E-state index >= 15 is 0 Å². The van der Waals surface area contributed by atoms with Crippen LogP contribution in [0, 0.1) is 11.3 Å². The van der Waals surface area contributed by atoms with E-state index in [4.69, 9.17) is 0 Å². The highest BCUT2D eigenvalue weighted by Gasteiger charge is 2.71. The second-order valence-corrected chi connectivity index (χ2v) is 3.79. The molecule has 0 aromatic heterocycles. The molecule has 0 saturated heterocycles. The van der Waals surface area contributed by atoms with Crippen molar-refractivity contribution in [2.45, 2.75) is 31.9 Å². The number of ether oxygens (including phenoxy) is 1. The molecule has 0 aliphatic heterocycles. The van der Waals surface area contributed by atoms with Crippen LogP contribution in [0.1, 0.15) is 25.7 Å². The molecule has 0 amide bonds. The molecule has 68 valence electrons. The Bertz CT molecular complexity index is 217. The normalized spacial score (nSPS) is 44.8. The van der Waals surface area contributed by atoms with Gasteiger partial charge in [0.05, 0.1) is 7.11 Å². The highest BCUT2D eigenvalue weighted by molar-refractivity contribution is 5.82. The fourth-order valence-electron chi connectivity index (χ4n) is 2.53. The molecular weight excluding hydrogens is 159 g/mol. The summed E-state index contributed by atoms with van der Waals surface area (Å²) in [6.07, 6.45) is 2.64. The van der Waals surface area contributed by atoms with Crippen LogP contribution in [0.3, 0.4) is 0 Å². The number of alkyl halides is 1. The molecule has 2 rings (SSSR count). The minimum absolute atomic E-state index is 0.0290. The van der Waals surface area contributed by atoms with Gasteiger partial charge in [-0.3, -0.25) is 4.79 Å². The molecule has 2 fully saturated rings. The molecular formula is C9H13FO2. The summed E-state index contributed by atoms with van der Waals surface area (Å²) in [6.45, 7) is 0. The Kier molecular flexibility index (Phi) is 1.63. The number of rotatable bonds is 1. The molecule has 2 aliphatic carbocycles. The van der Waals surface area contributed by atoms with Gasteiger partial charge in [-0.25, -0.2) is 4.39 Å². The first-order valence-electron chi connectivity index (χ1n) is 4.46. The molecule has 2 aliphatic rings. The lowest BCUT2D eigenvalue weighted by Gasteiger charge is -2.17. The third kappa shape index (κ3) is 0.767. The van der Waals surface area contributed by atoms with E-state index in [1.54, 1.807) is 0 Å². The number of carbonyl (C=O) groups is 1. The second kappa shape index (κ2) is 2.44. The van der Waals surface area contributed by atoms with Crippen molar-refractivity contribution in [2.75, 3.05) is 7.11 Å². The summed E-state index contributed by atoms with van der Waals surface area (Å²) in [6, 6.07) is 0. The summed E-state index contributed by atoms with van der Waals surface area (Å²) >= 11 is 0. The van der Waals surface area contributed by atoms with Crippen molar-refractivity contribution in [2.24, 2.45) is 11.3 Å². The third-order valence-corrected chi connectivity index (χ3v) is 3.32. The minimum atomic E-state index is -0.924. The van der Waals surface area contributed by atoms with E-state index in [1.165, 1.54) is 7.11 Å². The summed E-state index contributed by atoms with van der Waals surface area (Å²) in [5, 5.41) is 0. The quantitative estimate of drug-likeness (QED) is 0.562. The zero-order valence-electron chi connectivity index (χ0n) is 7.18.